The van der Waals surface area contributed by atoms with Gasteiger partial charge in [0.15, 0.2) is 0 Å². The van der Waals surface area contributed by atoms with Crippen molar-refractivity contribution in [3.8, 4) is 11.5 Å². The quantitative estimate of drug-likeness (QED) is 0.180. The Labute approximate surface area is 253 Å². The van der Waals surface area contributed by atoms with Crippen molar-refractivity contribution in [3.05, 3.63) is 114 Å². The van der Waals surface area contributed by atoms with Gasteiger partial charge < -0.3 is 9.47 Å². The lowest BCUT2D eigenvalue weighted by molar-refractivity contribution is -0.275. The van der Waals surface area contributed by atoms with E-state index in [0.29, 0.717) is 17.2 Å². The topological polar surface area (TPSA) is 98.8 Å². The van der Waals surface area contributed by atoms with Crippen LogP contribution in [0, 0.1) is 5.82 Å². The monoisotopic (exact) mass is 677 g/mol. The normalized spacial score (nSPS) is 13.3. The summed E-state index contributed by atoms with van der Waals surface area (Å²) >= 11 is 0. The van der Waals surface area contributed by atoms with Gasteiger partial charge in [0, 0.05) is 6.04 Å². The summed E-state index contributed by atoms with van der Waals surface area (Å²) < 4.78 is 152. The Kier molecular flexibility index (Phi) is 9.51. The van der Waals surface area contributed by atoms with Gasteiger partial charge in [0.2, 0.25) is 19.9 Å². The van der Waals surface area contributed by atoms with Crippen LogP contribution in [0.1, 0.15) is 29.7 Å². The first-order valence-corrected chi connectivity index (χ1v) is 15.7. The fraction of sp³-hybridized carbons (Fsp3) is 0.172. The van der Waals surface area contributed by atoms with E-state index in [1.807, 2.05) is 0 Å². The Morgan fingerprint density at radius 1 is 0.711 bits per heavy atom. The van der Waals surface area contributed by atoms with Crippen LogP contribution in [0.3, 0.4) is 0 Å². The average molecular weight is 678 g/mol. The molecule has 4 aromatic rings. The standard InChI is InChI=1S/C29H22F7NO6S2/c1-18(37-45(40,41)24-14-12-22(13-15-24)42-28(31,32)33)20-8-6-19(7-9-20)16-21-10-11-23(43-29(34,35)36)17-27(21)44(38,39)26-5-3-2-4-25(26)30/h2-15,17-18,37H,16H2,1H3. The van der Waals surface area contributed by atoms with Crippen LogP contribution in [-0.4, -0.2) is 29.6 Å². The second kappa shape index (κ2) is 12.7. The van der Waals surface area contributed by atoms with Crippen molar-refractivity contribution in [3.63, 3.8) is 0 Å². The molecule has 4 aromatic carbocycles. The SMILES string of the molecule is CC(NS(=O)(=O)c1ccc(OC(F)(F)F)cc1)c1ccc(Cc2ccc(OC(F)(F)F)cc2S(=O)(=O)c2ccccc2F)cc1. The summed E-state index contributed by atoms with van der Waals surface area (Å²) in [4.78, 5) is -1.66. The first-order chi connectivity index (χ1) is 20.8. The number of benzene rings is 4. The summed E-state index contributed by atoms with van der Waals surface area (Å²) in [6.45, 7) is 1.51. The van der Waals surface area contributed by atoms with Crippen molar-refractivity contribution in [2.45, 2.75) is 46.8 Å². The second-order valence-corrected chi connectivity index (χ2v) is 13.1. The van der Waals surface area contributed by atoms with E-state index >= 15 is 0 Å². The average Bonchev–Trinajstić information content (AvgIpc) is 2.92. The van der Waals surface area contributed by atoms with Crippen LogP contribution in [0.4, 0.5) is 30.7 Å². The minimum Gasteiger partial charge on any atom is -0.406 e. The lowest BCUT2D eigenvalue weighted by Gasteiger charge is -2.17. The van der Waals surface area contributed by atoms with E-state index in [-0.39, 0.29) is 16.9 Å². The molecule has 1 atom stereocenters. The van der Waals surface area contributed by atoms with E-state index in [1.54, 1.807) is 0 Å². The summed E-state index contributed by atoms with van der Waals surface area (Å²) in [5, 5.41) is 0. The zero-order valence-electron chi connectivity index (χ0n) is 22.9. The molecular formula is C29H22F7NO6S2. The molecule has 0 aliphatic carbocycles. The Bertz CT molecular complexity index is 1880. The number of ether oxygens (including phenoxy) is 2. The Hall–Kier alpha value is -4.15. The summed E-state index contributed by atoms with van der Waals surface area (Å²) in [6, 6.07) is 16.0. The molecular weight excluding hydrogens is 655 g/mol. The number of nitrogens with one attached hydrogen (secondary N) is 1. The van der Waals surface area contributed by atoms with Crippen LogP contribution < -0.4 is 14.2 Å². The van der Waals surface area contributed by atoms with E-state index in [9.17, 15) is 47.6 Å². The van der Waals surface area contributed by atoms with Gasteiger partial charge in [0.25, 0.3) is 0 Å². The van der Waals surface area contributed by atoms with E-state index in [1.165, 1.54) is 43.3 Å². The summed E-state index contributed by atoms with van der Waals surface area (Å²) in [6.07, 6.45) is -10.2. The van der Waals surface area contributed by atoms with Gasteiger partial charge >= 0.3 is 12.7 Å². The maximum atomic E-state index is 14.4. The highest BCUT2D eigenvalue weighted by Crippen LogP contribution is 2.33. The van der Waals surface area contributed by atoms with Gasteiger partial charge in [-0.05, 0) is 78.6 Å². The van der Waals surface area contributed by atoms with E-state index in [2.05, 4.69) is 14.2 Å². The summed E-state index contributed by atoms with van der Waals surface area (Å²) in [5.74, 6) is -2.52. The second-order valence-electron chi connectivity index (χ2n) is 9.53. The van der Waals surface area contributed by atoms with E-state index < -0.39 is 65.7 Å². The van der Waals surface area contributed by atoms with Gasteiger partial charge in [-0.2, -0.15) is 0 Å². The van der Waals surface area contributed by atoms with Gasteiger partial charge in [-0.3, -0.25) is 0 Å². The molecule has 0 spiro atoms. The molecule has 0 saturated heterocycles. The van der Waals surface area contributed by atoms with Gasteiger partial charge in [0.1, 0.15) is 22.2 Å². The molecule has 0 bridgehead atoms. The highest BCUT2D eigenvalue weighted by atomic mass is 32.2. The van der Waals surface area contributed by atoms with Gasteiger partial charge in [-0.25, -0.2) is 25.9 Å². The fourth-order valence-electron chi connectivity index (χ4n) is 4.24. The number of rotatable bonds is 10. The minimum absolute atomic E-state index is 0.0345. The lowest BCUT2D eigenvalue weighted by Crippen LogP contribution is -2.27. The molecule has 0 aromatic heterocycles. The van der Waals surface area contributed by atoms with Crippen molar-refractivity contribution in [1.29, 1.82) is 0 Å². The highest BCUT2D eigenvalue weighted by molar-refractivity contribution is 7.91. The number of halogens is 7. The van der Waals surface area contributed by atoms with Gasteiger partial charge in [0.05, 0.1) is 9.79 Å². The predicted molar refractivity (Wildman–Crippen MR) is 146 cm³/mol. The maximum Gasteiger partial charge on any atom is 0.573 e. The van der Waals surface area contributed by atoms with Crippen LogP contribution in [0.5, 0.6) is 11.5 Å². The Balaban J connectivity index is 1.56. The lowest BCUT2D eigenvalue weighted by atomic mass is 10.0. The number of hydrogen-bond donors (Lipinski definition) is 1. The van der Waals surface area contributed by atoms with Crippen LogP contribution >= 0.6 is 0 Å². The van der Waals surface area contributed by atoms with Crippen molar-refractivity contribution >= 4 is 19.9 Å². The molecule has 7 nitrogen and oxygen atoms in total. The largest absolute Gasteiger partial charge is 0.573 e. The number of sulfonamides is 1. The molecule has 0 amide bonds. The molecule has 0 fully saturated rings. The van der Waals surface area contributed by atoms with E-state index in [0.717, 1.165) is 48.5 Å². The zero-order valence-corrected chi connectivity index (χ0v) is 24.5. The molecule has 4 rings (SSSR count). The smallest absolute Gasteiger partial charge is 0.406 e. The minimum atomic E-state index is -5.11. The van der Waals surface area contributed by atoms with E-state index in [4.69, 9.17) is 0 Å². The molecule has 0 radical (unpaired) electrons. The molecule has 1 N–H and O–H groups in total. The first kappa shape index (κ1) is 33.7. The molecule has 0 aliphatic rings. The molecule has 0 saturated carbocycles. The third kappa shape index (κ3) is 8.73. The Morgan fingerprint density at radius 2 is 1.27 bits per heavy atom. The molecule has 0 heterocycles. The molecule has 240 valence electrons. The van der Waals surface area contributed by atoms with Gasteiger partial charge in [-0.15, -0.1) is 26.3 Å². The fourth-order valence-corrected chi connectivity index (χ4v) is 7.05. The third-order valence-electron chi connectivity index (χ3n) is 6.26. The zero-order chi connectivity index (χ0) is 33.2. The van der Waals surface area contributed by atoms with Crippen LogP contribution in [0.15, 0.2) is 106 Å². The molecule has 16 heteroatoms. The maximum absolute atomic E-state index is 14.4. The van der Waals surface area contributed by atoms with Crippen LogP contribution in [0.25, 0.3) is 0 Å². The third-order valence-corrected chi connectivity index (χ3v) is 9.69. The summed E-state index contributed by atoms with van der Waals surface area (Å²) in [5.41, 5.74) is 0.961. The van der Waals surface area contributed by atoms with Crippen LogP contribution in [-0.2, 0) is 26.3 Å². The van der Waals surface area contributed by atoms with Crippen LogP contribution in [0.2, 0.25) is 0 Å². The number of sulfone groups is 1. The van der Waals surface area contributed by atoms with Crippen molar-refractivity contribution in [2.75, 3.05) is 0 Å². The highest BCUT2D eigenvalue weighted by Gasteiger charge is 2.33. The van der Waals surface area contributed by atoms with Crippen molar-refractivity contribution < 1.29 is 57.0 Å². The molecule has 45 heavy (non-hydrogen) atoms. The molecule has 1 unspecified atom stereocenters. The number of alkyl halides is 6. The predicted octanol–water partition coefficient (Wildman–Crippen LogP) is 7.09. The van der Waals surface area contributed by atoms with Gasteiger partial charge in [-0.1, -0.05) is 42.5 Å². The molecule has 0 aliphatic heterocycles. The van der Waals surface area contributed by atoms with Crippen molar-refractivity contribution in [2.24, 2.45) is 0 Å². The first-order valence-electron chi connectivity index (χ1n) is 12.7. The van der Waals surface area contributed by atoms with Crippen molar-refractivity contribution in [1.82, 2.24) is 4.72 Å². The summed E-state index contributed by atoms with van der Waals surface area (Å²) in [7, 11) is -8.81. The number of hydrogen-bond acceptors (Lipinski definition) is 6. The Morgan fingerprint density at radius 3 is 1.84 bits per heavy atom.